The summed E-state index contributed by atoms with van der Waals surface area (Å²) in [5.41, 5.74) is 2.60. The van der Waals surface area contributed by atoms with Gasteiger partial charge >= 0.3 is 0 Å². The van der Waals surface area contributed by atoms with E-state index in [2.05, 4.69) is 59.0 Å². The summed E-state index contributed by atoms with van der Waals surface area (Å²) in [6.45, 7) is 5.86. The molecule has 0 atom stereocenters. The van der Waals surface area contributed by atoms with Crippen molar-refractivity contribution in [3.05, 3.63) is 41.2 Å². The van der Waals surface area contributed by atoms with Crippen molar-refractivity contribution < 1.29 is 0 Å². The fourth-order valence-corrected chi connectivity index (χ4v) is 2.06. The van der Waals surface area contributed by atoms with Crippen LogP contribution in [-0.4, -0.2) is 27.3 Å². The summed E-state index contributed by atoms with van der Waals surface area (Å²) < 4.78 is 1.83. The lowest BCUT2D eigenvalue weighted by Gasteiger charge is -2.07. The molecule has 0 amide bonds. The number of hydrogen-bond donors (Lipinski definition) is 1. The lowest BCUT2D eigenvalue weighted by atomic mass is 10.0. The van der Waals surface area contributed by atoms with Crippen LogP contribution in [0.1, 0.15) is 30.8 Å². The van der Waals surface area contributed by atoms with Gasteiger partial charge in [-0.3, -0.25) is 0 Å². The molecule has 0 radical (unpaired) electrons. The van der Waals surface area contributed by atoms with Crippen LogP contribution in [0, 0.1) is 5.92 Å². The number of rotatable bonds is 6. The second-order valence-electron chi connectivity index (χ2n) is 5.20. The third-order valence-electron chi connectivity index (χ3n) is 2.94. The van der Waals surface area contributed by atoms with Gasteiger partial charge < -0.3 is 5.32 Å². The highest BCUT2D eigenvalue weighted by atomic mass is 15.5. The van der Waals surface area contributed by atoms with Gasteiger partial charge in [-0.2, -0.15) is 0 Å². The normalized spacial score (nSPS) is 11.2. The molecule has 19 heavy (non-hydrogen) atoms. The van der Waals surface area contributed by atoms with E-state index in [0.717, 1.165) is 12.2 Å². The van der Waals surface area contributed by atoms with E-state index in [0.29, 0.717) is 19.0 Å². The quantitative estimate of drug-likeness (QED) is 0.857. The van der Waals surface area contributed by atoms with Crippen LogP contribution in [0.5, 0.6) is 0 Å². The molecule has 0 bridgehead atoms. The summed E-state index contributed by atoms with van der Waals surface area (Å²) in [6.07, 6.45) is 1.12. The SMILES string of the molecule is CNCc1nnnn1Cc1ccc(CC(C)C)cc1. The maximum absolute atomic E-state index is 4.02. The minimum atomic E-state index is 0.679. The first-order chi connectivity index (χ1) is 9.19. The van der Waals surface area contributed by atoms with Crippen LogP contribution in [0.25, 0.3) is 0 Å². The van der Waals surface area contributed by atoms with Gasteiger partial charge in [0.2, 0.25) is 0 Å². The lowest BCUT2D eigenvalue weighted by molar-refractivity contribution is 0.600. The summed E-state index contributed by atoms with van der Waals surface area (Å²) in [7, 11) is 1.89. The van der Waals surface area contributed by atoms with E-state index in [4.69, 9.17) is 0 Å². The van der Waals surface area contributed by atoms with Gasteiger partial charge in [0.05, 0.1) is 13.1 Å². The monoisotopic (exact) mass is 259 g/mol. The van der Waals surface area contributed by atoms with Gasteiger partial charge in [0, 0.05) is 0 Å². The summed E-state index contributed by atoms with van der Waals surface area (Å²) in [6, 6.07) is 8.69. The molecule has 1 heterocycles. The van der Waals surface area contributed by atoms with E-state index in [1.165, 1.54) is 11.1 Å². The van der Waals surface area contributed by atoms with Crippen LogP contribution in [0.2, 0.25) is 0 Å². The molecule has 0 aliphatic heterocycles. The van der Waals surface area contributed by atoms with Crippen LogP contribution < -0.4 is 5.32 Å². The molecule has 0 spiro atoms. The highest BCUT2D eigenvalue weighted by molar-refractivity contribution is 5.23. The topological polar surface area (TPSA) is 55.6 Å². The molecule has 1 N–H and O–H groups in total. The van der Waals surface area contributed by atoms with E-state index in [9.17, 15) is 0 Å². The van der Waals surface area contributed by atoms with Crippen molar-refractivity contribution in [3.8, 4) is 0 Å². The van der Waals surface area contributed by atoms with Crippen molar-refractivity contribution >= 4 is 0 Å². The number of benzene rings is 1. The highest BCUT2D eigenvalue weighted by Gasteiger charge is 2.05. The van der Waals surface area contributed by atoms with Gasteiger partial charge in [-0.25, -0.2) is 4.68 Å². The smallest absolute Gasteiger partial charge is 0.165 e. The molecule has 5 heteroatoms. The van der Waals surface area contributed by atoms with Gasteiger partial charge in [0.15, 0.2) is 5.82 Å². The molecule has 0 aliphatic carbocycles. The molecular formula is C14H21N5. The molecule has 102 valence electrons. The molecular weight excluding hydrogens is 238 g/mol. The molecule has 2 rings (SSSR count). The highest BCUT2D eigenvalue weighted by Crippen LogP contribution is 2.10. The van der Waals surface area contributed by atoms with E-state index >= 15 is 0 Å². The number of aromatic nitrogens is 4. The zero-order valence-corrected chi connectivity index (χ0v) is 11.8. The van der Waals surface area contributed by atoms with E-state index in [-0.39, 0.29) is 0 Å². The number of nitrogens with zero attached hydrogens (tertiary/aromatic N) is 4. The zero-order valence-electron chi connectivity index (χ0n) is 11.8. The van der Waals surface area contributed by atoms with E-state index in [1.54, 1.807) is 0 Å². The Kier molecular flexibility index (Phi) is 4.63. The first-order valence-corrected chi connectivity index (χ1v) is 6.66. The number of nitrogens with one attached hydrogen (secondary N) is 1. The summed E-state index contributed by atoms with van der Waals surface area (Å²) in [5, 5.41) is 14.8. The predicted molar refractivity (Wildman–Crippen MR) is 74.7 cm³/mol. The van der Waals surface area contributed by atoms with Crippen LogP contribution in [0.3, 0.4) is 0 Å². The molecule has 0 fully saturated rings. The second kappa shape index (κ2) is 6.43. The summed E-state index contributed by atoms with van der Waals surface area (Å²) in [5.74, 6) is 1.54. The summed E-state index contributed by atoms with van der Waals surface area (Å²) >= 11 is 0. The number of hydrogen-bond acceptors (Lipinski definition) is 4. The van der Waals surface area contributed by atoms with Crippen molar-refractivity contribution in [1.82, 2.24) is 25.5 Å². The summed E-state index contributed by atoms with van der Waals surface area (Å²) in [4.78, 5) is 0. The minimum Gasteiger partial charge on any atom is -0.313 e. The average Bonchev–Trinajstić information content (AvgIpc) is 2.79. The standard InChI is InChI=1S/C14H21N5/c1-11(2)8-12-4-6-13(7-5-12)10-19-14(9-15-3)16-17-18-19/h4-7,11,15H,8-10H2,1-3H3. The third kappa shape index (κ3) is 3.86. The van der Waals surface area contributed by atoms with Gasteiger partial charge in [0.25, 0.3) is 0 Å². The zero-order chi connectivity index (χ0) is 13.7. The Hall–Kier alpha value is -1.75. The lowest BCUT2D eigenvalue weighted by Crippen LogP contribution is -2.14. The molecule has 5 nitrogen and oxygen atoms in total. The van der Waals surface area contributed by atoms with Crippen LogP contribution in [0.4, 0.5) is 0 Å². The van der Waals surface area contributed by atoms with Crippen molar-refractivity contribution in [2.75, 3.05) is 7.05 Å². The van der Waals surface area contributed by atoms with Gasteiger partial charge in [-0.15, -0.1) is 5.10 Å². The van der Waals surface area contributed by atoms with Gasteiger partial charge in [-0.1, -0.05) is 38.1 Å². The second-order valence-corrected chi connectivity index (χ2v) is 5.20. The van der Waals surface area contributed by atoms with E-state index < -0.39 is 0 Å². The van der Waals surface area contributed by atoms with Crippen molar-refractivity contribution in [3.63, 3.8) is 0 Å². The first-order valence-electron chi connectivity index (χ1n) is 6.66. The van der Waals surface area contributed by atoms with E-state index in [1.807, 2.05) is 11.7 Å². The van der Waals surface area contributed by atoms with Crippen LogP contribution in [-0.2, 0) is 19.5 Å². The van der Waals surface area contributed by atoms with Crippen molar-refractivity contribution in [2.45, 2.75) is 33.4 Å². The van der Waals surface area contributed by atoms with Crippen molar-refractivity contribution in [1.29, 1.82) is 0 Å². The molecule has 0 aliphatic rings. The Labute approximate surface area is 114 Å². The Morgan fingerprint density at radius 1 is 1.16 bits per heavy atom. The Balaban J connectivity index is 2.04. The van der Waals surface area contributed by atoms with Gasteiger partial charge in [0.1, 0.15) is 0 Å². The third-order valence-corrected chi connectivity index (χ3v) is 2.94. The molecule has 1 aromatic carbocycles. The van der Waals surface area contributed by atoms with Crippen LogP contribution in [0.15, 0.2) is 24.3 Å². The largest absolute Gasteiger partial charge is 0.313 e. The fraction of sp³-hybridized carbons (Fsp3) is 0.500. The minimum absolute atomic E-state index is 0.679. The molecule has 2 aromatic rings. The van der Waals surface area contributed by atoms with Gasteiger partial charge in [-0.05, 0) is 40.9 Å². The molecule has 0 unspecified atom stereocenters. The maximum atomic E-state index is 4.02. The Morgan fingerprint density at radius 2 is 1.84 bits per heavy atom. The Bertz CT molecular complexity index is 501. The molecule has 0 saturated heterocycles. The fourth-order valence-electron chi connectivity index (χ4n) is 2.06. The Morgan fingerprint density at radius 3 is 2.47 bits per heavy atom. The van der Waals surface area contributed by atoms with Crippen molar-refractivity contribution in [2.24, 2.45) is 5.92 Å². The molecule has 1 aromatic heterocycles. The average molecular weight is 259 g/mol. The first kappa shape index (κ1) is 13.7. The predicted octanol–water partition coefficient (Wildman–Crippen LogP) is 1.64. The van der Waals surface area contributed by atoms with Crippen LogP contribution >= 0.6 is 0 Å². The maximum Gasteiger partial charge on any atom is 0.165 e. The molecule has 0 saturated carbocycles. The number of tetrazole rings is 1.